The molecule has 0 spiro atoms. The van der Waals surface area contributed by atoms with Crippen LogP contribution in [0.3, 0.4) is 0 Å². The largest absolute Gasteiger partial charge is 0.366 e. The van der Waals surface area contributed by atoms with Crippen molar-refractivity contribution in [1.29, 1.82) is 5.26 Å². The zero-order chi connectivity index (χ0) is 18.9. The Morgan fingerprint density at radius 2 is 1.77 bits per heavy atom. The number of carbonyl (C=O) groups excluding carboxylic acids is 3. The normalized spacial score (nSPS) is 19.2. The first kappa shape index (κ1) is 17.2. The monoisotopic (exact) mass is 348 g/mol. The smallest absolute Gasteiger partial charge is 0.325 e. The summed E-state index contributed by atoms with van der Waals surface area (Å²) in [5.74, 6) is -0.954. The van der Waals surface area contributed by atoms with Gasteiger partial charge < -0.3 is 11.1 Å². The first-order valence-electron chi connectivity index (χ1n) is 7.88. The molecule has 3 rings (SSSR count). The number of primary amides is 1. The molecule has 7 nitrogen and oxygen atoms in total. The highest BCUT2D eigenvalue weighted by molar-refractivity contribution is 6.07. The summed E-state index contributed by atoms with van der Waals surface area (Å²) < 4.78 is 0. The second-order valence-electron chi connectivity index (χ2n) is 6.20. The van der Waals surface area contributed by atoms with Gasteiger partial charge in [-0.2, -0.15) is 5.26 Å². The predicted octanol–water partition coefficient (Wildman–Crippen LogP) is 1.62. The Balaban J connectivity index is 1.85. The maximum atomic E-state index is 12.9. The van der Waals surface area contributed by atoms with Crippen molar-refractivity contribution in [2.24, 2.45) is 5.73 Å². The molecule has 0 aliphatic carbocycles. The molecule has 26 heavy (non-hydrogen) atoms. The fourth-order valence-corrected chi connectivity index (χ4v) is 2.87. The van der Waals surface area contributed by atoms with Crippen molar-refractivity contribution in [3.8, 4) is 6.07 Å². The number of rotatable bonds is 4. The van der Waals surface area contributed by atoms with Gasteiger partial charge in [-0.3, -0.25) is 14.5 Å². The number of nitrogens with two attached hydrogens (primary N) is 1. The summed E-state index contributed by atoms with van der Waals surface area (Å²) in [6.45, 7) is 1.72. The summed E-state index contributed by atoms with van der Waals surface area (Å²) in [7, 11) is 0. The highest BCUT2D eigenvalue weighted by Gasteiger charge is 2.48. The van der Waals surface area contributed by atoms with E-state index in [9.17, 15) is 14.4 Å². The van der Waals surface area contributed by atoms with Gasteiger partial charge in [0.2, 0.25) is 5.91 Å². The number of nitrogens with zero attached hydrogens (tertiary/aromatic N) is 2. The summed E-state index contributed by atoms with van der Waals surface area (Å²) >= 11 is 0. The Morgan fingerprint density at radius 3 is 2.31 bits per heavy atom. The number of amides is 4. The molecule has 1 saturated heterocycles. The van der Waals surface area contributed by atoms with Gasteiger partial charge in [-0.05, 0) is 42.3 Å². The van der Waals surface area contributed by atoms with Crippen molar-refractivity contribution in [3.63, 3.8) is 0 Å². The average Bonchev–Trinajstić information content (AvgIpc) is 2.86. The van der Waals surface area contributed by atoms with Crippen LogP contribution in [-0.4, -0.2) is 22.7 Å². The average molecular weight is 348 g/mol. The van der Waals surface area contributed by atoms with Crippen LogP contribution in [0.25, 0.3) is 0 Å². The summed E-state index contributed by atoms with van der Waals surface area (Å²) in [5, 5.41) is 11.5. The van der Waals surface area contributed by atoms with Crippen molar-refractivity contribution < 1.29 is 14.4 Å². The van der Waals surface area contributed by atoms with Gasteiger partial charge in [-0.1, -0.05) is 24.3 Å². The van der Waals surface area contributed by atoms with Gasteiger partial charge in [0, 0.05) is 5.56 Å². The highest BCUT2D eigenvalue weighted by Crippen LogP contribution is 2.30. The minimum absolute atomic E-state index is 0.103. The minimum Gasteiger partial charge on any atom is -0.366 e. The number of benzene rings is 2. The lowest BCUT2D eigenvalue weighted by molar-refractivity contribution is -0.131. The molecule has 4 amide bonds. The van der Waals surface area contributed by atoms with Crippen molar-refractivity contribution in [3.05, 3.63) is 70.8 Å². The van der Waals surface area contributed by atoms with Crippen LogP contribution in [0.15, 0.2) is 48.5 Å². The third-order valence-corrected chi connectivity index (χ3v) is 4.45. The number of urea groups is 1. The molecule has 1 heterocycles. The summed E-state index contributed by atoms with van der Waals surface area (Å²) in [6.07, 6.45) is 0. The lowest BCUT2D eigenvalue weighted by Gasteiger charge is -2.22. The number of carbonyl (C=O) groups is 3. The van der Waals surface area contributed by atoms with E-state index in [4.69, 9.17) is 11.0 Å². The second kappa shape index (κ2) is 6.33. The van der Waals surface area contributed by atoms with Crippen LogP contribution >= 0.6 is 0 Å². The lowest BCUT2D eigenvalue weighted by atomic mass is 9.91. The molecule has 0 saturated carbocycles. The molecule has 3 N–H and O–H groups in total. The number of imide groups is 1. The number of nitriles is 1. The first-order chi connectivity index (χ1) is 12.3. The predicted molar refractivity (Wildman–Crippen MR) is 92.6 cm³/mol. The highest BCUT2D eigenvalue weighted by atomic mass is 16.2. The van der Waals surface area contributed by atoms with E-state index >= 15 is 0 Å². The van der Waals surface area contributed by atoms with Gasteiger partial charge in [-0.15, -0.1) is 0 Å². The molecule has 1 aliphatic heterocycles. The number of hydrogen-bond acceptors (Lipinski definition) is 4. The molecular formula is C19H16N4O3. The fourth-order valence-electron chi connectivity index (χ4n) is 2.87. The molecule has 2 aromatic carbocycles. The van der Waals surface area contributed by atoms with Crippen molar-refractivity contribution in [1.82, 2.24) is 10.2 Å². The van der Waals surface area contributed by atoms with Crippen LogP contribution in [0, 0.1) is 11.3 Å². The van der Waals surface area contributed by atoms with Gasteiger partial charge in [-0.25, -0.2) is 4.79 Å². The molecule has 1 aliphatic rings. The topological polar surface area (TPSA) is 116 Å². The Bertz CT molecular complexity index is 929. The fraction of sp³-hybridized carbons (Fsp3) is 0.158. The molecule has 0 unspecified atom stereocenters. The third-order valence-electron chi connectivity index (χ3n) is 4.45. The summed E-state index contributed by atoms with van der Waals surface area (Å²) in [6, 6.07) is 14.4. The molecular weight excluding hydrogens is 332 g/mol. The zero-order valence-corrected chi connectivity index (χ0v) is 14.0. The van der Waals surface area contributed by atoms with E-state index in [2.05, 4.69) is 5.32 Å². The van der Waals surface area contributed by atoms with Crippen LogP contribution in [-0.2, 0) is 16.9 Å². The van der Waals surface area contributed by atoms with E-state index in [-0.39, 0.29) is 6.54 Å². The molecule has 7 heteroatoms. The van der Waals surface area contributed by atoms with Crippen molar-refractivity contribution in [2.75, 3.05) is 0 Å². The second-order valence-corrected chi connectivity index (χ2v) is 6.20. The molecule has 2 aromatic rings. The third kappa shape index (κ3) is 2.89. The van der Waals surface area contributed by atoms with Gasteiger partial charge >= 0.3 is 6.03 Å². The van der Waals surface area contributed by atoms with Crippen LogP contribution < -0.4 is 11.1 Å². The minimum atomic E-state index is -1.22. The molecule has 1 fully saturated rings. The molecule has 0 bridgehead atoms. The maximum absolute atomic E-state index is 12.9. The standard InChI is InChI=1S/C19H16N4O3/c1-19(15-8-6-14(7-9-15)16(21)24)17(25)23(18(26)22-19)11-13-4-2-12(10-20)3-5-13/h2-9H,11H2,1H3,(H2,21,24)(H,22,26)/t19-/m1/s1. The Hall–Kier alpha value is -3.66. The molecule has 0 aromatic heterocycles. The van der Waals surface area contributed by atoms with Gasteiger partial charge in [0.25, 0.3) is 5.91 Å². The SMILES string of the molecule is C[C@]1(c2ccc(C(N)=O)cc2)NC(=O)N(Cc2ccc(C#N)cc2)C1=O. The quantitative estimate of drug-likeness (QED) is 0.817. The van der Waals surface area contributed by atoms with E-state index in [1.54, 1.807) is 43.3 Å². The first-order valence-corrected chi connectivity index (χ1v) is 7.88. The van der Waals surface area contributed by atoms with Crippen molar-refractivity contribution in [2.45, 2.75) is 19.0 Å². The van der Waals surface area contributed by atoms with Crippen LogP contribution in [0.5, 0.6) is 0 Å². The van der Waals surface area contributed by atoms with Gasteiger partial charge in [0.15, 0.2) is 0 Å². The van der Waals surface area contributed by atoms with Gasteiger partial charge in [0.1, 0.15) is 5.54 Å². The molecule has 0 radical (unpaired) electrons. The maximum Gasteiger partial charge on any atom is 0.325 e. The number of nitrogens with one attached hydrogen (secondary N) is 1. The van der Waals surface area contributed by atoms with E-state index in [1.165, 1.54) is 12.1 Å². The Morgan fingerprint density at radius 1 is 1.15 bits per heavy atom. The summed E-state index contributed by atoms with van der Waals surface area (Å²) in [4.78, 5) is 37.5. The summed E-state index contributed by atoms with van der Waals surface area (Å²) in [5.41, 5.74) is 6.12. The van der Waals surface area contributed by atoms with E-state index in [1.807, 2.05) is 6.07 Å². The van der Waals surface area contributed by atoms with Crippen LogP contribution in [0.2, 0.25) is 0 Å². The van der Waals surface area contributed by atoms with Crippen LogP contribution in [0.4, 0.5) is 4.79 Å². The zero-order valence-electron chi connectivity index (χ0n) is 14.0. The van der Waals surface area contributed by atoms with Gasteiger partial charge in [0.05, 0.1) is 18.2 Å². The number of hydrogen-bond donors (Lipinski definition) is 2. The van der Waals surface area contributed by atoms with E-state index < -0.39 is 23.4 Å². The molecule has 130 valence electrons. The van der Waals surface area contributed by atoms with E-state index in [0.29, 0.717) is 16.7 Å². The lowest BCUT2D eigenvalue weighted by Crippen LogP contribution is -2.40. The molecule has 1 atom stereocenters. The Labute approximate surface area is 150 Å². The Kier molecular flexibility index (Phi) is 4.18. The van der Waals surface area contributed by atoms with Crippen molar-refractivity contribution >= 4 is 17.8 Å². The van der Waals surface area contributed by atoms with Crippen LogP contribution in [0.1, 0.15) is 34.0 Å². The van der Waals surface area contributed by atoms with E-state index in [0.717, 1.165) is 10.5 Å².